The molecule has 2 aromatic carbocycles. The van der Waals surface area contributed by atoms with Gasteiger partial charge in [-0.1, -0.05) is 18.2 Å². The quantitative estimate of drug-likeness (QED) is 0.459. The van der Waals surface area contributed by atoms with E-state index in [1.54, 1.807) is 24.4 Å². The van der Waals surface area contributed by atoms with Crippen LogP contribution >= 0.6 is 0 Å². The number of pyridine rings is 1. The Morgan fingerprint density at radius 3 is 2.54 bits per heavy atom. The molecule has 4 rings (SSSR count). The van der Waals surface area contributed by atoms with E-state index in [0.717, 1.165) is 16.9 Å². The first kappa shape index (κ1) is 17.3. The average molecular weight is 371 g/mol. The number of nitrogen functional groups attached to an aromatic ring is 1. The Morgan fingerprint density at radius 1 is 0.929 bits per heavy atom. The van der Waals surface area contributed by atoms with Crippen LogP contribution in [0.5, 0.6) is 11.5 Å². The zero-order valence-corrected chi connectivity index (χ0v) is 14.8. The maximum atomic E-state index is 11.3. The van der Waals surface area contributed by atoms with E-state index in [2.05, 4.69) is 20.3 Å². The molecule has 0 spiro atoms. The number of aromatic nitrogens is 3. The van der Waals surface area contributed by atoms with Crippen molar-refractivity contribution in [2.24, 2.45) is 0 Å². The van der Waals surface area contributed by atoms with Gasteiger partial charge in [-0.3, -0.25) is 4.79 Å². The van der Waals surface area contributed by atoms with Gasteiger partial charge in [0.15, 0.2) is 0 Å². The molecule has 0 saturated carbocycles. The molecule has 2 heterocycles. The molecular formula is C21H17N5O2. The standard InChI is InChI=1S/C21H17N5O2/c22-18-4-2-1-3-17(18)19-12-20(25-13-24-19)26-14-5-7-15(8-6-14)28-16-9-10-23-21(27)11-16/h1-13H,22H2,(H,23,27)(H,24,25,26). The summed E-state index contributed by atoms with van der Waals surface area (Å²) in [6, 6.07) is 19.8. The van der Waals surface area contributed by atoms with Crippen molar-refractivity contribution < 1.29 is 4.74 Å². The summed E-state index contributed by atoms with van der Waals surface area (Å²) in [5.41, 5.74) is 8.91. The highest BCUT2D eigenvalue weighted by Crippen LogP contribution is 2.27. The van der Waals surface area contributed by atoms with Gasteiger partial charge in [0, 0.05) is 35.3 Å². The summed E-state index contributed by atoms with van der Waals surface area (Å²) in [5, 5.41) is 3.23. The number of ether oxygens (including phenoxy) is 1. The summed E-state index contributed by atoms with van der Waals surface area (Å²) in [6.45, 7) is 0. The molecule has 28 heavy (non-hydrogen) atoms. The second kappa shape index (κ2) is 7.63. The van der Waals surface area contributed by atoms with Gasteiger partial charge in [0.25, 0.3) is 5.56 Å². The normalized spacial score (nSPS) is 10.4. The molecule has 0 atom stereocenters. The maximum Gasteiger partial charge on any atom is 0.251 e. The van der Waals surface area contributed by atoms with Gasteiger partial charge >= 0.3 is 0 Å². The van der Waals surface area contributed by atoms with Gasteiger partial charge in [0.1, 0.15) is 23.6 Å². The van der Waals surface area contributed by atoms with Crippen molar-refractivity contribution in [3.8, 4) is 22.8 Å². The Morgan fingerprint density at radius 2 is 1.75 bits per heavy atom. The smallest absolute Gasteiger partial charge is 0.251 e. The number of para-hydroxylation sites is 1. The van der Waals surface area contributed by atoms with Crippen LogP contribution in [0.3, 0.4) is 0 Å². The lowest BCUT2D eigenvalue weighted by atomic mass is 10.1. The topological polar surface area (TPSA) is 106 Å². The largest absolute Gasteiger partial charge is 0.457 e. The third kappa shape index (κ3) is 3.99. The van der Waals surface area contributed by atoms with Gasteiger partial charge in [0.2, 0.25) is 0 Å². The number of rotatable bonds is 5. The van der Waals surface area contributed by atoms with Crippen molar-refractivity contribution in [1.29, 1.82) is 0 Å². The van der Waals surface area contributed by atoms with Crippen molar-refractivity contribution in [2.75, 3.05) is 11.1 Å². The Labute approximate surface area is 160 Å². The predicted molar refractivity (Wildman–Crippen MR) is 109 cm³/mol. The second-order valence-corrected chi connectivity index (χ2v) is 6.02. The number of nitrogens with one attached hydrogen (secondary N) is 2. The summed E-state index contributed by atoms with van der Waals surface area (Å²) < 4.78 is 5.67. The molecule has 7 nitrogen and oxygen atoms in total. The van der Waals surface area contributed by atoms with Crippen LogP contribution in [-0.4, -0.2) is 15.0 Å². The first-order valence-corrected chi connectivity index (χ1v) is 8.58. The molecule has 0 aliphatic carbocycles. The van der Waals surface area contributed by atoms with E-state index < -0.39 is 0 Å². The SMILES string of the molecule is Nc1ccccc1-c1cc(Nc2ccc(Oc3cc[nH]c(=O)c3)cc2)ncn1. The van der Waals surface area contributed by atoms with E-state index in [4.69, 9.17) is 10.5 Å². The fourth-order valence-electron chi connectivity index (χ4n) is 2.68. The Bertz CT molecular complexity index is 1160. The maximum absolute atomic E-state index is 11.3. The molecule has 0 bridgehead atoms. The lowest BCUT2D eigenvalue weighted by Gasteiger charge is -2.10. The first-order valence-electron chi connectivity index (χ1n) is 8.58. The van der Waals surface area contributed by atoms with E-state index in [0.29, 0.717) is 23.0 Å². The van der Waals surface area contributed by atoms with Gasteiger partial charge < -0.3 is 20.8 Å². The molecule has 7 heteroatoms. The summed E-state index contributed by atoms with van der Waals surface area (Å²) in [5.74, 6) is 1.75. The highest BCUT2D eigenvalue weighted by atomic mass is 16.5. The van der Waals surface area contributed by atoms with Crippen molar-refractivity contribution >= 4 is 17.2 Å². The number of hydrogen-bond donors (Lipinski definition) is 3. The molecule has 0 amide bonds. The van der Waals surface area contributed by atoms with Crippen molar-refractivity contribution in [1.82, 2.24) is 15.0 Å². The molecule has 0 aliphatic rings. The monoisotopic (exact) mass is 371 g/mol. The van der Waals surface area contributed by atoms with Gasteiger partial charge in [-0.25, -0.2) is 9.97 Å². The lowest BCUT2D eigenvalue weighted by Crippen LogP contribution is -2.02. The van der Waals surface area contributed by atoms with Crippen LogP contribution in [0.25, 0.3) is 11.3 Å². The van der Waals surface area contributed by atoms with Crippen molar-refractivity contribution in [3.63, 3.8) is 0 Å². The van der Waals surface area contributed by atoms with Crippen LogP contribution < -0.4 is 21.3 Å². The lowest BCUT2D eigenvalue weighted by molar-refractivity contribution is 0.481. The van der Waals surface area contributed by atoms with Gasteiger partial charge in [-0.05, 0) is 36.4 Å². The van der Waals surface area contributed by atoms with E-state index in [-0.39, 0.29) is 5.56 Å². The highest BCUT2D eigenvalue weighted by Gasteiger charge is 2.06. The first-order chi connectivity index (χ1) is 13.7. The molecule has 0 saturated heterocycles. The number of H-pyrrole nitrogens is 1. The molecule has 4 aromatic rings. The molecule has 0 aliphatic heterocycles. The van der Waals surface area contributed by atoms with Crippen LogP contribution in [0.1, 0.15) is 0 Å². The minimum Gasteiger partial charge on any atom is -0.457 e. The average Bonchev–Trinajstić information content (AvgIpc) is 2.70. The summed E-state index contributed by atoms with van der Waals surface area (Å²) in [7, 11) is 0. The highest BCUT2D eigenvalue weighted by molar-refractivity contribution is 5.75. The van der Waals surface area contributed by atoms with Crippen LogP contribution in [0, 0.1) is 0 Å². The van der Waals surface area contributed by atoms with E-state index >= 15 is 0 Å². The van der Waals surface area contributed by atoms with Crippen molar-refractivity contribution in [2.45, 2.75) is 0 Å². The van der Waals surface area contributed by atoms with Crippen LogP contribution in [0.2, 0.25) is 0 Å². The molecule has 0 radical (unpaired) electrons. The zero-order chi connectivity index (χ0) is 19.3. The minimum absolute atomic E-state index is 0.214. The summed E-state index contributed by atoms with van der Waals surface area (Å²) >= 11 is 0. The van der Waals surface area contributed by atoms with Gasteiger partial charge in [-0.2, -0.15) is 0 Å². The summed E-state index contributed by atoms with van der Waals surface area (Å²) in [6.07, 6.45) is 3.04. The van der Waals surface area contributed by atoms with Crippen LogP contribution in [0.15, 0.2) is 84.0 Å². The fourth-order valence-corrected chi connectivity index (χ4v) is 2.68. The molecular weight excluding hydrogens is 354 g/mol. The predicted octanol–water partition coefficient (Wildman–Crippen LogP) is 3.95. The Balaban J connectivity index is 1.50. The molecule has 138 valence electrons. The van der Waals surface area contributed by atoms with Crippen molar-refractivity contribution in [3.05, 3.63) is 89.6 Å². The molecule has 0 unspecified atom stereocenters. The summed E-state index contributed by atoms with van der Waals surface area (Å²) in [4.78, 5) is 22.4. The van der Waals surface area contributed by atoms with E-state index in [1.165, 1.54) is 12.4 Å². The number of benzene rings is 2. The minimum atomic E-state index is -0.214. The number of aromatic amines is 1. The van der Waals surface area contributed by atoms with E-state index in [1.807, 2.05) is 42.5 Å². The third-order valence-corrected chi connectivity index (χ3v) is 4.01. The van der Waals surface area contributed by atoms with Gasteiger partial charge in [-0.15, -0.1) is 0 Å². The van der Waals surface area contributed by atoms with Gasteiger partial charge in [0.05, 0.1) is 5.69 Å². The van der Waals surface area contributed by atoms with Crippen LogP contribution in [-0.2, 0) is 0 Å². The number of hydrogen-bond acceptors (Lipinski definition) is 6. The second-order valence-electron chi connectivity index (χ2n) is 6.02. The molecule has 4 N–H and O–H groups in total. The van der Waals surface area contributed by atoms with Crippen LogP contribution in [0.4, 0.5) is 17.2 Å². The third-order valence-electron chi connectivity index (χ3n) is 4.01. The molecule has 0 fully saturated rings. The number of nitrogens with zero attached hydrogens (tertiary/aromatic N) is 2. The Hall–Kier alpha value is -4.13. The number of anilines is 3. The molecule has 2 aromatic heterocycles. The zero-order valence-electron chi connectivity index (χ0n) is 14.8. The Kier molecular flexibility index (Phi) is 4.71. The fraction of sp³-hybridized carbons (Fsp3) is 0. The van der Waals surface area contributed by atoms with E-state index in [9.17, 15) is 4.79 Å². The number of nitrogens with two attached hydrogens (primary N) is 1.